The van der Waals surface area contributed by atoms with Crippen molar-refractivity contribution in [2.45, 2.75) is 19.9 Å². The topological polar surface area (TPSA) is 63.4 Å². The lowest BCUT2D eigenvalue weighted by molar-refractivity contribution is 0.0970. The Labute approximate surface area is 169 Å². The zero-order chi connectivity index (χ0) is 20.3. The molecule has 5 nitrogen and oxygen atoms in total. The molecule has 7 heteroatoms. The maximum Gasteiger partial charge on any atom is 0.297 e. The highest BCUT2D eigenvalue weighted by molar-refractivity contribution is 7.13. The van der Waals surface area contributed by atoms with Gasteiger partial charge in [0.05, 0.1) is 10.9 Å². The summed E-state index contributed by atoms with van der Waals surface area (Å²) in [4.78, 5) is 32.3. The number of fused-ring (bicyclic) bond motifs is 2. The average Bonchev–Trinajstić information content (AvgIpc) is 3.31. The maximum atomic E-state index is 14.8. The number of aryl methyl sites for hydroxylation is 2. The Morgan fingerprint density at radius 3 is 2.62 bits per heavy atom. The smallest absolute Gasteiger partial charge is 0.297 e. The number of amides is 1. The van der Waals surface area contributed by atoms with Crippen LogP contribution in [0.3, 0.4) is 0 Å². The fourth-order valence-electron chi connectivity index (χ4n) is 3.75. The van der Waals surface area contributed by atoms with Crippen molar-refractivity contribution in [1.29, 1.82) is 0 Å². The van der Waals surface area contributed by atoms with E-state index in [0.717, 1.165) is 11.1 Å². The zero-order valence-electron chi connectivity index (χ0n) is 15.6. The van der Waals surface area contributed by atoms with Gasteiger partial charge in [-0.3, -0.25) is 14.5 Å². The number of thiazole rings is 1. The van der Waals surface area contributed by atoms with Gasteiger partial charge < -0.3 is 4.42 Å². The van der Waals surface area contributed by atoms with Crippen LogP contribution in [0.2, 0.25) is 0 Å². The molecule has 2 aromatic heterocycles. The lowest BCUT2D eigenvalue weighted by Crippen LogP contribution is -2.29. The van der Waals surface area contributed by atoms with E-state index < -0.39 is 17.8 Å². The predicted octanol–water partition coefficient (Wildman–Crippen LogP) is 4.76. The van der Waals surface area contributed by atoms with Crippen LogP contribution < -0.4 is 10.3 Å². The number of aromatic nitrogens is 1. The van der Waals surface area contributed by atoms with Crippen molar-refractivity contribution >= 4 is 33.3 Å². The maximum absolute atomic E-state index is 14.8. The monoisotopic (exact) mass is 406 g/mol. The molecule has 4 aromatic rings. The molecule has 1 aliphatic rings. The lowest BCUT2D eigenvalue weighted by atomic mass is 9.97. The van der Waals surface area contributed by atoms with Crippen molar-refractivity contribution < 1.29 is 13.6 Å². The number of carbonyl (C=O) groups excluding carboxylic acids is 1. The van der Waals surface area contributed by atoms with Gasteiger partial charge in [-0.15, -0.1) is 11.3 Å². The Kier molecular flexibility index (Phi) is 3.89. The summed E-state index contributed by atoms with van der Waals surface area (Å²) in [6.07, 6.45) is 1.56. The normalized spacial score (nSPS) is 15.9. The van der Waals surface area contributed by atoms with E-state index in [0.29, 0.717) is 16.1 Å². The molecule has 1 atom stereocenters. The molecule has 0 spiro atoms. The molecular weight excluding hydrogens is 391 g/mol. The molecule has 3 heterocycles. The number of rotatable bonds is 2. The molecule has 0 aliphatic carbocycles. The summed E-state index contributed by atoms with van der Waals surface area (Å²) in [5.74, 6) is -1.06. The highest BCUT2D eigenvalue weighted by Crippen LogP contribution is 2.42. The first-order valence-electron chi connectivity index (χ1n) is 9.03. The SMILES string of the molecule is Cc1cc2oc3c(c(=O)c2cc1C)C(c1ccccc1F)N(c1nccs1)C3=O. The quantitative estimate of drug-likeness (QED) is 0.482. The molecule has 1 unspecified atom stereocenters. The number of benzene rings is 2. The van der Waals surface area contributed by atoms with E-state index in [2.05, 4.69) is 4.98 Å². The summed E-state index contributed by atoms with van der Waals surface area (Å²) in [5, 5.41) is 2.48. The Balaban J connectivity index is 1.87. The number of anilines is 1. The van der Waals surface area contributed by atoms with E-state index in [9.17, 15) is 14.0 Å². The molecule has 0 fully saturated rings. The van der Waals surface area contributed by atoms with E-state index in [4.69, 9.17) is 4.42 Å². The minimum Gasteiger partial charge on any atom is -0.450 e. The fraction of sp³-hybridized carbons (Fsp3) is 0.136. The molecule has 0 N–H and O–H groups in total. The van der Waals surface area contributed by atoms with Crippen LogP contribution in [-0.2, 0) is 0 Å². The van der Waals surface area contributed by atoms with Gasteiger partial charge in [-0.25, -0.2) is 9.37 Å². The molecule has 144 valence electrons. The second-order valence-electron chi connectivity index (χ2n) is 7.02. The van der Waals surface area contributed by atoms with Crippen LogP contribution in [0.4, 0.5) is 9.52 Å². The highest BCUT2D eigenvalue weighted by atomic mass is 32.1. The highest BCUT2D eigenvalue weighted by Gasteiger charge is 2.45. The Morgan fingerprint density at radius 2 is 1.90 bits per heavy atom. The van der Waals surface area contributed by atoms with Gasteiger partial charge in [-0.05, 0) is 43.2 Å². The van der Waals surface area contributed by atoms with E-state index in [1.807, 2.05) is 13.8 Å². The molecule has 0 bridgehead atoms. The molecule has 1 aliphatic heterocycles. The summed E-state index contributed by atoms with van der Waals surface area (Å²) in [7, 11) is 0. The van der Waals surface area contributed by atoms with Crippen molar-refractivity contribution in [1.82, 2.24) is 4.98 Å². The van der Waals surface area contributed by atoms with E-state index in [1.54, 1.807) is 41.9 Å². The van der Waals surface area contributed by atoms with Gasteiger partial charge in [-0.2, -0.15) is 0 Å². The number of halogens is 1. The summed E-state index contributed by atoms with van der Waals surface area (Å²) >= 11 is 1.24. The summed E-state index contributed by atoms with van der Waals surface area (Å²) in [5.41, 5.74) is 2.28. The second-order valence-corrected chi connectivity index (χ2v) is 7.89. The first kappa shape index (κ1) is 17.8. The van der Waals surface area contributed by atoms with Crippen molar-refractivity contribution in [3.05, 3.63) is 92.0 Å². The fourth-order valence-corrected chi connectivity index (χ4v) is 4.42. The summed E-state index contributed by atoms with van der Waals surface area (Å²) < 4.78 is 20.7. The Morgan fingerprint density at radius 1 is 1.14 bits per heavy atom. The largest absolute Gasteiger partial charge is 0.450 e. The van der Waals surface area contributed by atoms with Crippen LogP contribution in [-0.4, -0.2) is 10.9 Å². The average molecular weight is 406 g/mol. The molecule has 0 radical (unpaired) electrons. The van der Waals surface area contributed by atoms with Crippen LogP contribution >= 0.6 is 11.3 Å². The van der Waals surface area contributed by atoms with Crippen molar-refractivity contribution in [2.75, 3.05) is 4.90 Å². The number of hydrogen-bond donors (Lipinski definition) is 0. The predicted molar refractivity (Wildman–Crippen MR) is 109 cm³/mol. The lowest BCUT2D eigenvalue weighted by Gasteiger charge is -2.22. The molecule has 0 saturated carbocycles. The molecule has 2 aromatic carbocycles. The van der Waals surface area contributed by atoms with Crippen LogP contribution in [0.5, 0.6) is 0 Å². The van der Waals surface area contributed by atoms with Crippen molar-refractivity contribution in [3.63, 3.8) is 0 Å². The third-order valence-corrected chi connectivity index (χ3v) is 6.08. The molecule has 1 amide bonds. The summed E-state index contributed by atoms with van der Waals surface area (Å²) in [6, 6.07) is 8.71. The van der Waals surface area contributed by atoms with E-state index >= 15 is 0 Å². The van der Waals surface area contributed by atoms with Gasteiger partial charge in [0.15, 0.2) is 10.6 Å². The number of hydrogen-bond acceptors (Lipinski definition) is 5. The minimum atomic E-state index is -0.938. The van der Waals surface area contributed by atoms with E-state index in [-0.39, 0.29) is 22.3 Å². The second kappa shape index (κ2) is 6.35. The molecule has 29 heavy (non-hydrogen) atoms. The van der Waals surface area contributed by atoms with Crippen LogP contribution in [0.25, 0.3) is 11.0 Å². The first-order valence-corrected chi connectivity index (χ1v) is 9.90. The zero-order valence-corrected chi connectivity index (χ0v) is 16.4. The van der Waals surface area contributed by atoms with Gasteiger partial charge in [0.1, 0.15) is 17.4 Å². The van der Waals surface area contributed by atoms with Crippen LogP contribution in [0, 0.1) is 19.7 Å². The third kappa shape index (κ3) is 2.54. The molecule has 5 rings (SSSR count). The van der Waals surface area contributed by atoms with Gasteiger partial charge in [-0.1, -0.05) is 18.2 Å². The number of carbonyl (C=O) groups is 1. The van der Waals surface area contributed by atoms with Gasteiger partial charge in [0.25, 0.3) is 5.91 Å². The van der Waals surface area contributed by atoms with Gasteiger partial charge >= 0.3 is 0 Å². The van der Waals surface area contributed by atoms with Gasteiger partial charge in [0, 0.05) is 17.1 Å². The van der Waals surface area contributed by atoms with Crippen LogP contribution in [0.15, 0.2) is 57.2 Å². The number of nitrogens with zero attached hydrogens (tertiary/aromatic N) is 2. The Hall–Kier alpha value is -3.32. The minimum absolute atomic E-state index is 0.0609. The Bertz CT molecular complexity index is 1340. The van der Waals surface area contributed by atoms with Crippen molar-refractivity contribution in [2.24, 2.45) is 0 Å². The standard InChI is InChI=1S/C22H15FN2O3S/c1-11-9-14-16(10-12(11)2)28-20-17(19(14)26)18(13-5-3-4-6-15(13)23)25(21(20)27)22-24-7-8-29-22/h3-10,18H,1-2H3. The molecule has 0 saturated heterocycles. The summed E-state index contributed by atoms with van der Waals surface area (Å²) in [6.45, 7) is 3.82. The van der Waals surface area contributed by atoms with Crippen LogP contribution in [0.1, 0.15) is 38.9 Å². The third-order valence-electron chi connectivity index (χ3n) is 5.31. The van der Waals surface area contributed by atoms with Gasteiger partial charge in [0.2, 0.25) is 5.76 Å². The van der Waals surface area contributed by atoms with Crippen molar-refractivity contribution in [3.8, 4) is 0 Å². The molecular formula is C22H15FN2O3S. The van der Waals surface area contributed by atoms with E-state index in [1.165, 1.54) is 22.3 Å². The first-order chi connectivity index (χ1) is 14.0.